The molecule has 2 heteroatoms. The highest BCUT2D eigenvalue weighted by atomic mass is 15.1. The summed E-state index contributed by atoms with van der Waals surface area (Å²) in [6.07, 6.45) is 1.14. The summed E-state index contributed by atoms with van der Waals surface area (Å²) in [5, 5.41) is 0. The van der Waals surface area contributed by atoms with E-state index in [0.29, 0.717) is 0 Å². The van der Waals surface area contributed by atoms with E-state index in [1.807, 2.05) is 6.07 Å². The molecule has 76 valence electrons. The van der Waals surface area contributed by atoms with E-state index in [0.717, 1.165) is 18.7 Å². The third-order valence-corrected chi connectivity index (χ3v) is 2.27. The topological polar surface area (TPSA) is 15.6 Å². The number of nitrogens with zero attached hydrogens (tertiary/aromatic N) is 2. The second-order valence-corrected chi connectivity index (χ2v) is 3.57. The molecule has 0 aliphatic heterocycles. The number of hydrogen-bond donors (Lipinski definition) is 0. The predicted molar refractivity (Wildman–Crippen MR) is 63.9 cm³/mol. The lowest BCUT2D eigenvalue weighted by atomic mass is 10.2. The van der Waals surface area contributed by atoms with E-state index in [4.69, 9.17) is 0 Å². The molecule has 0 atom stereocenters. The zero-order valence-corrected chi connectivity index (χ0v) is 9.25. The maximum Gasteiger partial charge on any atom is 0.0855 e. The lowest BCUT2D eigenvalue weighted by molar-refractivity contribution is 0.852. The van der Waals surface area contributed by atoms with Gasteiger partial charge in [0.25, 0.3) is 0 Å². The lowest BCUT2D eigenvalue weighted by Crippen LogP contribution is -2.17. The van der Waals surface area contributed by atoms with Crippen molar-refractivity contribution >= 4 is 18.1 Å². The maximum absolute atomic E-state index is 4.02. The van der Waals surface area contributed by atoms with Gasteiger partial charge in [0.05, 0.1) is 11.4 Å². The van der Waals surface area contributed by atoms with Crippen LogP contribution in [0.5, 0.6) is 0 Å². The summed E-state index contributed by atoms with van der Waals surface area (Å²) in [5.41, 5.74) is 3.39. The third-order valence-electron chi connectivity index (χ3n) is 2.27. The SMILES string of the molecule is C=Nc1ccc(C)cc1N(C)CCC. The number of rotatable bonds is 4. The smallest absolute Gasteiger partial charge is 0.0855 e. The zero-order chi connectivity index (χ0) is 10.6. The Bertz CT molecular complexity index is 318. The molecule has 0 N–H and O–H groups in total. The Hall–Kier alpha value is -1.31. The molecule has 0 bridgehead atoms. The van der Waals surface area contributed by atoms with Gasteiger partial charge in [0, 0.05) is 13.6 Å². The van der Waals surface area contributed by atoms with Gasteiger partial charge >= 0.3 is 0 Å². The van der Waals surface area contributed by atoms with Crippen molar-refractivity contribution in [3.8, 4) is 0 Å². The summed E-state index contributed by atoms with van der Waals surface area (Å²) in [4.78, 5) is 6.24. The Balaban J connectivity index is 3.03. The van der Waals surface area contributed by atoms with Crippen LogP contribution in [0.25, 0.3) is 0 Å². The first-order valence-corrected chi connectivity index (χ1v) is 4.97. The summed E-state index contributed by atoms with van der Waals surface area (Å²) in [5.74, 6) is 0. The van der Waals surface area contributed by atoms with Crippen LogP contribution in [0.4, 0.5) is 11.4 Å². The minimum atomic E-state index is 0.964. The molecule has 0 saturated carbocycles. The summed E-state index contributed by atoms with van der Waals surface area (Å²) in [6, 6.07) is 6.23. The molecule has 1 aromatic rings. The molecule has 0 aliphatic carbocycles. The average Bonchev–Trinajstić information content (AvgIpc) is 2.18. The highest BCUT2D eigenvalue weighted by Crippen LogP contribution is 2.28. The Morgan fingerprint density at radius 2 is 2.14 bits per heavy atom. The van der Waals surface area contributed by atoms with E-state index in [-0.39, 0.29) is 0 Å². The van der Waals surface area contributed by atoms with Crippen molar-refractivity contribution < 1.29 is 0 Å². The number of benzene rings is 1. The van der Waals surface area contributed by atoms with E-state index >= 15 is 0 Å². The summed E-state index contributed by atoms with van der Waals surface area (Å²) in [7, 11) is 2.09. The fourth-order valence-electron chi connectivity index (χ4n) is 1.53. The van der Waals surface area contributed by atoms with E-state index in [2.05, 4.69) is 49.6 Å². The first-order chi connectivity index (χ1) is 6.69. The standard InChI is InChI=1S/C12H18N2/c1-5-8-14(4)12-9-10(2)6-7-11(12)13-3/h6-7,9H,3,5,8H2,1-2,4H3. The van der Waals surface area contributed by atoms with Gasteiger partial charge in [0.1, 0.15) is 0 Å². The molecule has 0 radical (unpaired) electrons. The zero-order valence-electron chi connectivity index (χ0n) is 9.25. The van der Waals surface area contributed by atoms with Crippen LogP contribution in [0, 0.1) is 6.92 Å². The van der Waals surface area contributed by atoms with E-state index < -0.39 is 0 Å². The predicted octanol–water partition coefficient (Wildman–Crippen LogP) is 3.17. The Morgan fingerprint density at radius 3 is 2.71 bits per heavy atom. The Labute approximate surface area is 86.3 Å². The van der Waals surface area contributed by atoms with Crippen LogP contribution in [-0.2, 0) is 0 Å². The van der Waals surface area contributed by atoms with Gasteiger partial charge in [-0.2, -0.15) is 0 Å². The molecule has 0 aliphatic rings. The average molecular weight is 190 g/mol. The molecule has 0 saturated heterocycles. The highest BCUT2D eigenvalue weighted by molar-refractivity contribution is 5.69. The Kier molecular flexibility index (Phi) is 3.69. The van der Waals surface area contributed by atoms with E-state index in [9.17, 15) is 0 Å². The van der Waals surface area contributed by atoms with Gasteiger partial charge in [-0.25, -0.2) is 0 Å². The largest absolute Gasteiger partial charge is 0.373 e. The van der Waals surface area contributed by atoms with E-state index in [1.165, 1.54) is 11.3 Å². The van der Waals surface area contributed by atoms with Gasteiger partial charge in [-0.15, -0.1) is 0 Å². The molecular weight excluding hydrogens is 172 g/mol. The van der Waals surface area contributed by atoms with Gasteiger partial charge in [-0.3, -0.25) is 4.99 Å². The summed E-state index contributed by atoms with van der Waals surface area (Å²) >= 11 is 0. The molecule has 0 heterocycles. The van der Waals surface area contributed by atoms with Crippen LogP contribution in [0.1, 0.15) is 18.9 Å². The van der Waals surface area contributed by atoms with Crippen molar-refractivity contribution in [2.24, 2.45) is 4.99 Å². The molecule has 0 spiro atoms. The lowest BCUT2D eigenvalue weighted by Gasteiger charge is -2.20. The van der Waals surface area contributed by atoms with Crippen LogP contribution in [-0.4, -0.2) is 20.3 Å². The van der Waals surface area contributed by atoms with Crippen LogP contribution in [0.15, 0.2) is 23.2 Å². The van der Waals surface area contributed by atoms with Crippen molar-refractivity contribution in [2.45, 2.75) is 20.3 Å². The van der Waals surface area contributed by atoms with Crippen LogP contribution < -0.4 is 4.90 Å². The second kappa shape index (κ2) is 4.80. The molecule has 1 aromatic carbocycles. The molecular formula is C12H18N2. The van der Waals surface area contributed by atoms with Crippen molar-refractivity contribution in [3.05, 3.63) is 23.8 Å². The van der Waals surface area contributed by atoms with Crippen LogP contribution in [0.2, 0.25) is 0 Å². The van der Waals surface area contributed by atoms with Crippen LogP contribution >= 0.6 is 0 Å². The number of hydrogen-bond acceptors (Lipinski definition) is 2. The first kappa shape index (κ1) is 10.8. The molecule has 1 rings (SSSR count). The summed E-state index contributed by atoms with van der Waals surface area (Å²) < 4.78 is 0. The van der Waals surface area contributed by atoms with Crippen molar-refractivity contribution in [1.29, 1.82) is 0 Å². The molecule has 2 nitrogen and oxygen atoms in total. The Morgan fingerprint density at radius 1 is 1.43 bits per heavy atom. The second-order valence-electron chi connectivity index (χ2n) is 3.57. The summed E-state index contributed by atoms with van der Waals surface area (Å²) in [6.45, 7) is 8.90. The quantitative estimate of drug-likeness (QED) is 0.666. The van der Waals surface area contributed by atoms with E-state index in [1.54, 1.807) is 0 Å². The minimum Gasteiger partial charge on any atom is -0.373 e. The monoisotopic (exact) mass is 190 g/mol. The third kappa shape index (κ3) is 2.34. The van der Waals surface area contributed by atoms with Gasteiger partial charge in [-0.05, 0) is 37.8 Å². The van der Waals surface area contributed by atoms with Crippen molar-refractivity contribution in [2.75, 3.05) is 18.5 Å². The normalized spacial score (nSPS) is 9.93. The van der Waals surface area contributed by atoms with Gasteiger partial charge in [0.15, 0.2) is 0 Å². The van der Waals surface area contributed by atoms with Crippen molar-refractivity contribution in [3.63, 3.8) is 0 Å². The molecule has 14 heavy (non-hydrogen) atoms. The maximum atomic E-state index is 4.02. The first-order valence-electron chi connectivity index (χ1n) is 4.97. The molecule has 0 unspecified atom stereocenters. The number of aryl methyl sites for hydroxylation is 1. The number of anilines is 1. The van der Waals surface area contributed by atoms with Crippen molar-refractivity contribution in [1.82, 2.24) is 0 Å². The fraction of sp³-hybridized carbons (Fsp3) is 0.417. The fourth-order valence-corrected chi connectivity index (χ4v) is 1.53. The molecule has 0 fully saturated rings. The van der Waals surface area contributed by atoms with Gasteiger partial charge in [0.2, 0.25) is 0 Å². The number of aliphatic imine (C=N–C) groups is 1. The van der Waals surface area contributed by atoms with Crippen LogP contribution in [0.3, 0.4) is 0 Å². The molecule has 0 amide bonds. The van der Waals surface area contributed by atoms with Gasteiger partial charge < -0.3 is 4.90 Å². The minimum absolute atomic E-state index is 0.964. The highest BCUT2D eigenvalue weighted by Gasteiger charge is 2.05. The molecule has 0 aromatic heterocycles. The van der Waals surface area contributed by atoms with Gasteiger partial charge in [-0.1, -0.05) is 13.0 Å².